The Labute approximate surface area is 168 Å². The van der Waals surface area contributed by atoms with Gasteiger partial charge in [0.25, 0.3) is 5.91 Å². The van der Waals surface area contributed by atoms with Crippen LogP contribution < -0.4 is 10.6 Å². The van der Waals surface area contributed by atoms with Crippen LogP contribution in [0, 0.1) is 5.92 Å². The molecule has 3 N–H and O–H groups in total. The molecule has 0 aromatic heterocycles. The number of hydrogen-bond donors (Lipinski definition) is 3. The van der Waals surface area contributed by atoms with Crippen LogP contribution in [0.1, 0.15) is 66.1 Å². The fourth-order valence-corrected chi connectivity index (χ4v) is 4.21. The molecule has 2 aromatic carbocycles. The van der Waals surface area contributed by atoms with Crippen molar-refractivity contribution >= 4 is 5.91 Å². The molecule has 1 unspecified atom stereocenters. The zero-order valence-corrected chi connectivity index (χ0v) is 16.7. The second kappa shape index (κ2) is 10.4. The Kier molecular flexibility index (Phi) is 7.63. The van der Waals surface area contributed by atoms with E-state index in [0.717, 1.165) is 24.1 Å². The number of likely N-dealkylation sites (N-methyl/N-ethyl adjacent to an activating group) is 1. The number of carbonyl (C=O) groups excluding carboxylic acids is 1. The van der Waals surface area contributed by atoms with Gasteiger partial charge in [-0.1, -0.05) is 74.6 Å². The van der Waals surface area contributed by atoms with Gasteiger partial charge in [-0.3, -0.25) is 4.79 Å². The topological polar surface area (TPSA) is 61.4 Å². The van der Waals surface area contributed by atoms with Gasteiger partial charge in [-0.15, -0.1) is 0 Å². The molecular weight excluding hydrogens is 348 g/mol. The van der Waals surface area contributed by atoms with Crippen LogP contribution in [-0.2, 0) is 0 Å². The predicted octanol–water partition coefficient (Wildman–Crippen LogP) is 4.06. The highest BCUT2D eigenvalue weighted by Crippen LogP contribution is 2.27. The third-order valence-electron chi connectivity index (χ3n) is 5.71. The second-order valence-electron chi connectivity index (χ2n) is 7.91. The summed E-state index contributed by atoms with van der Waals surface area (Å²) in [6.45, 7) is 0.772. The Morgan fingerprint density at radius 3 is 2.46 bits per heavy atom. The molecule has 4 heteroatoms. The minimum atomic E-state index is -0.732. The van der Waals surface area contributed by atoms with Gasteiger partial charge >= 0.3 is 0 Å². The molecule has 28 heavy (non-hydrogen) atoms. The van der Waals surface area contributed by atoms with E-state index in [2.05, 4.69) is 10.6 Å². The molecule has 0 saturated heterocycles. The van der Waals surface area contributed by atoms with E-state index < -0.39 is 6.10 Å². The number of benzene rings is 2. The fourth-order valence-electron chi connectivity index (χ4n) is 4.21. The number of carbonyl (C=O) groups is 1. The molecule has 1 aliphatic rings. The van der Waals surface area contributed by atoms with Crippen LogP contribution in [-0.4, -0.2) is 30.6 Å². The molecular formula is C24H32N2O2. The summed E-state index contributed by atoms with van der Waals surface area (Å²) in [6.07, 6.45) is 6.80. The zero-order chi connectivity index (χ0) is 19.8. The van der Waals surface area contributed by atoms with Crippen LogP contribution >= 0.6 is 0 Å². The Morgan fingerprint density at radius 2 is 1.75 bits per heavy atom. The molecule has 1 fully saturated rings. The van der Waals surface area contributed by atoms with Crippen LogP contribution in [0.25, 0.3) is 0 Å². The van der Waals surface area contributed by atoms with Gasteiger partial charge in [-0.05, 0) is 42.6 Å². The van der Waals surface area contributed by atoms with E-state index in [0.29, 0.717) is 11.5 Å². The highest BCUT2D eigenvalue weighted by atomic mass is 16.3. The van der Waals surface area contributed by atoms with Gasteiger partial charge < -0.3 is 15.7 Å². The van der Waals surface area contributed by atoms with E-state index >= 15 is 0 Å². The van der Waals surface area contributed by atoms with Gasteiger partial charge in [0, 0.05) is 18.2 Å². The molecule has 1 saturated carbocycles. The maximum Gasteiger partial charge on any atom is 0.251 e. The molecule has 2 aromatic rings. The monoisotopic (exact) mass is 380 g/mol. The summed E-state index contributed by atoms with van der Waals surface area (Å²) >= 11 is 0. The van der Waals surface area contributed by atoms with Crippen LogP contribution in [0.15, 0.2) is 54.6 Å². The van der Waals surface area contributed by atoms with Crippen LogP contribution in [0.5, 0.6) is 0 Å². The lowest BCUT2D eigenvalue weighted by molar-refractivity contribution is 0.0928. The molecule has 2 atom stereocenters. The number of hydrogen-bond acceptors (Lipinski definition) is 3. The Morgan fingerprint density at radius 1 is 1.04 bits per heavy atom. The van der Waals surface area contributed by atoms with Crippen LogP contribution in [0.2, 0.25) is 0 Å². The Bertz CT molecular complexity index is 741. The summed E-state index contributed by atoms with van der Waals surface area (Å²) in [4.78, 5) is 12.9. The summed E-state index contributed by atoms with van der Waals surface area (Å²) in [5.41, 5.74) is 2.15. The van der Waals surface area contributed by atoms with Crippen molar-refractivity contribution in [2.24, 2.45) is 5.92 Å². The van der Waals surface area contributed by atoms with Gasteiger partial charge in [-0.2, -0.15) is 0 Å². The maximum absolute atomic E-state index is 12.9. The fraction of sp³-hybridized carbons (Fsp3) is 0.458. The van der Waals surface area contributed by atoms with Crippen molar-refractivity contribution in [1.29, 1.82) is 0 Å². The average Bonchev–Trinajstić information content (AvgIpc) is 2.75. The predicted molar refractivity (Wildman–Crippen MR) is 113 cm³/mol. The minimum Gasteiger partial charge on any atom is -0.384 e. The molecule has 0 aliphatic heterocycles. The largest absolute Gasteiger partial charge is 0.384 e. The first-order valence-electron chi connectivity index (χ1n) is 10.5. The SMILES string of the molecule is CNC[C@H](CC1CCCCC1)NC(=O)c1cccc(C(O)c2ccccc2)c1. The van der Waals surface area contributed by atoms with E-state index in [1.807, 2.05) is 55.6 Å². The van der Waals surface area contributed by atoms with E-state index in [9.17, 15) is 9.90 Å². The summed E-state index contributed by atoms with van der Waals surface area (Å²) < 4.78 is 0. The van der Waals surface area contributed by atoms with E-state index in [-0.39, 0.29) is 11.9 Å². The van der Waals surface area contributed by atoms with Crippen LogP contribution in [0.4, 0.5) is 0 Å². The molecule has 0 radical (unpaired) electrons. The van der Waals surface area contributed by atoms with Gasteiger partial charge in [0.15, 0.2) is 0 Å². The number of aliphatic hydroxyl groups excluding tert-OH is 1. The third-order valence-corrected chi connectivity index (χ3v) is 5.71. The lowest BCUT2D eigenvalue weighted by atomic mass is 9.84. The molecule has 0 spiro atoms. The maximum atomic E-state index is 12.9. The highest BCUT2D eigenvalue weighted by molar-refractivity contribution is 5.94. The Balaban J connectivity index is 1.67. The van der Waals surface area contributed by atoms with Crippen molar-refractivity contribution in [2.75, 3.05) is 13.6 Å². The smallest absolute Gasteiger partial charge is 0.251 e. The third kappa shape index (κ3) is 5.66. The molecule has 0 heterocycles. The molecule has 1 amide bonds. The number of nitrogens with one attached hydrogen (secondary N) is 2. The molecule has 4 nitrogen and oxygen atoms in total. The van der Waals surface area contributed by atoms with Gasteiger partial charge in [0.2, 0.25) is 0 Å². The minimum absolute atomic E-state index is 0.0711. The molecule has 0 bridgehead atoms. The Hall–Kier alpha value is -2.17. The standard InChI is InChI=1S/C24H32N2O2/c1-25-17-22(15-18-9-4-2-5-10-18)26-24(28)21-14-8-13-20(16-21)23(27)19-11-6-3-7-12-19/h3,6-8,11-14,16,18,22-23,25,27H,2,4-5,9-10,15,17H2,1H3,(H,26,28)/t22-,23?/m0/s1. The number of aliphatic hydroxyl groups is 1. The molecule has 150 valence electrons. The van der Waals surface area contributed by atoms with Crippen molar-refractivity contribution < 1.29 is 9.90 Å². The van der Waals surface area contributed by atoms with Crippen molar-refractivity contribution in [3.8, 4) is 0 Å². The van der Waals surface area contributed by atoms with Gasteiger partial charge in [0.1, 0.15) is 6.10 Å². The summed E-state index contributed by atoms with van der Waals surface area (Å²) in [7, 11) is 1.93. The first kappa shape index (κ1) is 20.6. The lowest BCUT2D eigenvalue weighted by Gasteiger charge is -2.27. The number of amides is 1. The first-order valence-corrected chi connectivity index (χ1v) is 10.5. The van der Waals surface area contributed by atoms with Crippen molar-refractivity contribution in [3.63, 3.8) is 0 Å². The lowest BCUT2D eigenvalue weighted by Crippen LogP contribution is -2.42. The van der Waals surface area contributed by atoms with E-state index in [4.69, 9.17) is 0 Å². The first-order chi connectivity index (χ1) is 13.7. The summed E-state index contributed by atoms with van der Waals surface area (Å²) in [5, 5.41) is 17.1. The normalized spacial score (nSPS) is 17.1. The molecule has 3 rings (SSSR count). The van der Waals surface area contributed by atoms with Crippen LogP contribution in [0.3, 0.4) is 0 Å². The average molecular weight is 381 g/mol. The number of rotatable bonds is 8. The van der Waals surface area contributed by atoms with E-state index in [1.54, 1.807) is 6.07 Å². The summed E-state index contributed by atoms with van der Waals surface area (Å²) in [5.74, 6) is 0.636. The van der Waals surface area contributed by atoms with E-state index in [1.165, 1.54) is 32.1 Å². The zero-order valence-electron chi connectivity index (χ0n) is 16.7. The van der Waals surface area contributed by atoms with Crippen molar-refractivity contribution in [1.82, 2.24) is 10.6 Å². The van der Waals surface area contributed by atoms with Gasteiger partial charge in [0.05, 0.1) is 0 Å². The second-order valence-corrected chi connectivity index (χ2v) is 7.91. The van der Waals surface area contributed by atoms with Gasteiger partial charge in [-0.25, -0.2) is 0 Å². The van der Waals surface area contributed by atoms with Crippen molar-refractivity contribution in [2.45, 2.75) is 50.7 Å². The highest BCUT2D eigenvalue weighted by Gasteiger charge is 2.21. The summed E-state index contributed by atoms with van der Waals surface area (Å²) in [6, 6.07) is 17.0. The molecule has 1 aliphatic carbocycles. The quantitative estimate of drug-likeness (QED) is 0.647. The van der Waals surface area contributed by atoms with Crippen molar-refractivity contribution in [3.05, 3.63) is 71.3 Å².